The number of para-hydroxylation sites is 1. The molecular formula is C21H22N6O2S. The minimum Gasteiger partial charge on any atom is -0.352 e. The van der Waals surface area contributed by atoms with Crippen molar-refractivity contribution >= 4 is 29.3 Å². The highest BCUT2D eigenvalue weighted by Crippen LogP contribution is 2.36. The SMILES string of the molecule is O=C(CSc1nnnn1C1CC1)Nc1ccccc1C(=O)NCCc1ccccc1. The van der Waals surface area contributed by atoms with Crippen molar-refractivity contribution in [2.75, 3.05) is 17.6 Å². The fourth-order valence-corrected chi connectivity index (χ4v) is 3.74. The van der Waals surface area contributed by atoms with Gasteiger partial charge in [-0.1, -0.05) is 54.2 Å². The summed E-state index contributed by atoms with van der Waals surface area (Å²) in [5.41, 5.74) is 2.08. The Bertz CT molecular complexity index is 1020. The molecule has 1 heterocycles. The maximum absolute atomic E-state index is 12.6. The van der Waals surface area contributed by atoms with Crippen LogP contribution in [0.3, 0.4) is 0 Å². The standard InChI is InChI=1S/C21H22N6O2S/c28-19(14-30-21-24-25-26-27(21)16-10-11-16)23-18-9-5-4-8-17(18)20(29)22-13-12-15-6-2-1-3-7-15/h1-9,16H,10-14H2,(H,22,29)(H,23,28). The second-order valence-electron chi connectivity index (χ2n) is 7.01. The van der Waals surface area contributed by atoms with E-state index in [-0.39, 0.29) is 17.6 Å². The first kappa shape index (κ1) is 20.1. The Hall–Kier alpha value is -3.20. The monoisotopic (exact) mass is 422 g/mol. The van der Waals surface area contributed by atoms with Crippen LogP contribution in [0.5, 0.6) is 0 Å². The molecule has 8 nitrogen and oxygen atoms in total. The number of rotatable bonds is 9. The van der Waals surface area contributed by atoms with Gasteiger partial charge in [0.2, 0.25) is 11.1 Å². The van der Waals surface area contributed by atoms with Crippen molar-refractivity contribution in [3.05, 3.63) is 65.7 Å². The molecule has 1 aliphatic rings. The average Bonchev–Trinajstić information content (AvgIpc) is 3.51. The third kappa shape index (κ3) is 5.24. The van der Waals surface area contributed by atoms with Gasteiger partial charge in [-0.15, -0.1) is 5.10 Å². The van der Waals surface area contributed by atoms with Crippen molar-refractivity contribution in [1.29, 1.82) is 0 Å². The summed E-state index contributed by atoms with van der Waals surface area (Å²) in [7, 11) is 0. The van der Waals surface area contributed by atoms with E-state index in [1.165, 1.54) is 11.8 Å². The summed E-state index contributed by atoms with van der Waals surface area (Å²) >= 11 is 1.29. The molecule has 0 atom stereocenters. The van der Waals surface area contributed by atoms with Crippen molar-refractivity contribution in [2.24, 2.45) is 0 Å². The lowest BCUT2D eigenvalue weighted by Crippen LogP contribution is -2.27. The van der Waals surface area contributed by atoms with Gasteiger partial charge < -0.3 is 10.6 Å². The molecule has 0 unspecified atom stereocenters. The number of anilines is 1. The number of hydrogen-bond acceptors (Lipinski definition) is 6. The molecule has 0 bridgehead atoms. The molecule has 1 fully saturated rings. The third-order valence-corrected chi connectivity index (χ3v) is 5.61. The number of amides is 2. The largest absolute Gasteiger partial charge is 0.352 e. The molecule has 2 aromatic carbocycles. The Morgan fingerprint density at radius 2 is 1.83 bits per heavy atom. The Morgan fingerprint density at radius 1 is 1.07 bits per heavy atom. The summed E-state index contributed by atoms with van der Waals surface area (Å²) in [5.74, 6) is -0.265. The predicted octanol–water partition coefficient (Wildman–Crippen LogP) is 2.71. The van der Waals surface area contributed by atoms with Crippen LogP contribution >= 0.6 is 11.8 Å². The van der Waals surface area contributed by atoms with E-state index in [2.05, 4.69) is 26.2 Å². The highest BCUT2D eigenvalue weighted by Gasteiger charge is 2.28. The van der Waals surface area contributed by atoms with Gasteiger partial charge in [0, 0.05) is 6.54 Å². The summed E-state index contributed by atoms with van der Waals surface area (Å²) in [6, 6.07) is 17.3. The molecule has 3 aromatic rings. The third-order valence-electron chi connectivity index (χ3n) is 4.68. The number of aromatic nitrogens is 4. The zero-order chi connectivity index (χ0) is 20.8. The molecule has 1 aromatic heterocycles. The molecule has 30 heavy (non-hydrogen) atoms. The van der Waals surface area contributed by atoms with Crippen molar-refractivity contribution in [1.82, 2.24) is 25.5 Å². The van der Waals surface area contributed by atoms with E-state index in [1.54, 1.807) is 28.9 Å². The number of nitrogens with one attached hydrogen (secondary N) is 2. The van der Waals surface area contributed by atoms with Crippen LogP contribution in [0.4, 0.5) is 5.69 Å². The number of benzene rings is 2. The summed E-state index contributed by atoms with van der Waals surface area (Å²) in [5, 5.41) is 18.0. The fraction of sp³-hybridized carbons (Fsp3) is 0.286. The van der Waals surface area contributed by atoms with Crippen molar-refractivity contribution in [3.8, 4) is 0 Å². The van der Waals surface area contributed by atoms with Gasteiger partial charge in [-0.3, -0.25) is 9.59 Å². The smallest absolute Gasteiger partial charge is 0.253 e. The highest BCUT2D eigenvalue weighted by molar-refractivity contribution is 7.99. The number of hydrogen-bond donors (Lipinski definition) is 2. The van der Waals surface area contributed by atoms with Crippen LogP contribution in [0.25, 0.3) is 0 Å². The zero-order valence-electron chi connectivity index (χ0n) is 16.3. The van der Waals surface area contributed by atoms with E-state index in [4.69, 9.17) is 0 Å². The van der Waals surface area contributed by atoms with Gasteiger partial charge >= 0.3 is 0 Å². The topological polar surface area (TPSA) is 102 Å². The van der Waals surface area contributed by atoms with E-state index < -0.39 is 0 Å². The van der Waals surface area contributed by atoms with E-state index in [0.717, 1.165) is 24.8 Å². The van der Waals surface area contributed by atoms with Crippen LogP contribution < -0.4 is 10.6 Å². The second kappa shape index (κ2) is 9.53. The van der Waals surface area contributed by atoms with Gasteiger partial charge in [-0.2, -0.15) is 0 Å². The van der Waals surface area contributed by atoms with Crippen LogP contribution in [-0.2, 0) is 11.2 Å². The molecule has 0 spiro atoms. The first-order chi connectivity index (χ1) is 14.7. The number of tetrazole rings is 1. The fourth-order valence-electron chi connectivity index (χ4n) is 3.00. The lowest BCUT2D eigenvalue weighted by molar-refractivity contribution is -0.113. The normalized spacial score (nSPS) is 13.1. The Balaban J connectivity index is 1.31. The van der Waals surface area contributed by atoms with Gasteiger partial charge in [0.1, 0.15) is 0 Å². The lowest BCUT2D eigenvalue weighted by atomic mass is 10.1. The molecule has 0 saturated heterocycles. The van der Waals surface area contributed by atoms with Gasteiger partial charge in [0.05, 0.1) is 23.0 Å². The molecule has 0 radical (unpaired) electrons. The van der Waals surface area contributed by atoms with Crippen LogP contribution in [0, 0.1) is 0 Å². The molecule has 2 amide bonds. The zero-order valence-corrected chi connectivity index (χ0v) is 17.1. The minimum atomic E-state index is -0.216. The number of carbonyl (C=O) groups is 2. The summed E-state index contributed by atoms with van der Waals surface area (Å²) in [4.78, 5) is 25.0. The number of nitrogens with zero attached hydrogens (tertiary/aromatic N) is 4. The molecule has 154 valence electrons. The van der Waals surface area contributed by atoms with Gasteiger partial charge in [-0.05, 0) is 47.4 Å². The molecule has 9 heteroatoms. The predicted molar refractivity (Wildman–Crippen MR) is 114 cm³/mol. The number of carbonyl (C=O) groups excluding carboxylic acids is 2. The summed E-state index contributed by atoms with van der Waals surface area (Å²) < 4.78 is 1.77. The van der Waals surface area contributed by atoms with Crippen molar-refractivity contribution in [3.63, 3.8) is 0 Å². The van der Waals surface area contributed by atoms with Gasteiger partial charge in [0.25, 0.3) is 5.91 Å². The van der Waals surface area contributed by atoms with E-state index >= 15 is 0 Å². The van der Waals surface area contributed by atoms with Crippen LogP contribution in [0.15, 0.2) is 59.8 Å². The number of thioether (sulfide) groups is 1. The van der Waals surface area contributed by atoms with E-state index in [0.29, 0.717) is 29.0 Å². The van der Waals surface area contributed by atoms with Crippen LogP contribution in [0.1, 0.15) is 34.8 Å². The quantitative estimate of drug-likeness (QED) is 0.514. The van der Waals surface area contributed by atoms with Crippen molar-refractivity contribution in [2.45, 2.75) is 30.5 Å². The van der Waals surface area contributed by atoms with Gasteiger partial charge in [0.15, 0.2) is 0 Å². The molecule has 0 aliphatic heterocycles. The van der Waals surface area contributed by atoms with Gasteiger partial charge in [-0.25, -0.2) is 4.68 Å². The summed E-state index contributed by atoms with van der Waals surface area (Å²) in [6.45, 7) is 0.519. The average molecular weight is 423 g/mol. The lowest BCUT2D eigenvalue weighted by Gasteiger charge is -2.11. The summed E-state index contributed by atoms with van der Waals surface area (Å²) in [6.07, 6.45) is 2.88. The molecular weight excluding hydrogens is 400 g/mol. The molecule has 4 rings (SSSR count). The van der Waals surface area contributed by atoms with Crippen molar-refractivity contribution < 1.29 is 9.59 Å². The Labute approximate surface area is 178 Å². The maximum atomic E-state index is 12.6. The second-order valence-corrected chi connectivity index (χ2v) is 7.95. The molecule has 2 N–H and O–H groups in total. The van der Waals surface area contributed by atoms with Crippen LogP contribution in [-0.4, -0.2) is 44.3 Å². The van der Waals surface area contributed by atoms with E-state index in [1.807, 2.05) is 30.3 Å². The van der Waals surface area contributed by atoms with Crippen LogP contribution in [0.2, 0.25) is 0 Å². The minimum absolute atomic E-state index is 0.164. The Morgan fingerprint density at radius 3 is 2.63 bits per heavy atom. The molecule has 1 saturated carbocycles. The first-order valence-electron chi connectivity index (χ1n) is 9.82. The Kier molecular flexibility index (Phi) is 6.38. The molecule has 1 aliphatic carbocycles. The highest BCUT2D eigenvalue weighted by atomic mass is 32.2. The van der Waals surface area contributed by atoms with E-state index in [9.17, 15) is 9.59 Å². The first-order valence-corrected chi connectivity index (χ1v) is 10.8. The maximum Gasteiger partial charge on any atom is 0.253 e.